The van der Waals surface area contributed by atoms with Crippen molar-refractivity contribution in [3.63, 3.8) is 0 Å². The first kappa shape index (κ1) is 25.9. The van der Waals surface area contributed by atoms with Crippen LogP contribution in [0.1, 0.15) is 10.4 Å². The average molecular weight is 562 g/mol. The van der Waals surface area contributed by atoms with Gasteiger partial charge in [-0.15, -0.1) is 10.2 Å². The fraction of sp³-hybridized carbons (Fsp3) is 0.320. The molecule has 0 atom stereocenters. The molecule has 3 aromatic rings. The van der Waals surface area contributed by atoms with Gasteiger partial charge in [0.15, 0.2) is 5.82 Å². The molecule has 2 aromatic carbocycles. The summed E-state index contributed by atoms with van der Waals surface area (Å²) in [6.07, 6.45) is 0. The Balaban J connectivity index is 1.19. The molecule has 5 rings (SSSR count). The maximum atomic E-state index is 13.0. The van der Waals surface area contributed by atoms with E-state index in [9.17, 15) is 13.2 Å². The highest BCUT2D eigenvalue weighted by atomic mass is 35.5. The number of piperazine rings is 1. The van der Waals surface area contributed by atoms with E-state index in [1.54, 1.807) is 29.2 Å². The lowest BCUT2D eigenvalue weighted by Crippen LogP contribution is -2.49. The summed E-state index contributed by atoms with van der Waals surface area (Å²) in [7, 11) is -3.60. The van der Waals surface area contributed by atoms with E-state index in [4.69, 9.17) is 27.9 Å². The highest BCUT2D eigenvalue weighted by molar-refractivity contribution is 7.89. The number of aromatic nitrogens is 2. The van der Waals surface area contributed by atoms with Gasteiger partial charge in [0.2, 0.25) is 10.0 Å². The Morgan fingerprint density at radius 2 is 1.54 bits per heavy atom. The summed E-state index contributed by atoms with van der Waals surface area (Å²) in [5.41, 5.74) is 1.86. The Morgan fingerprint density at radius 1 is 0.838 bits per heavy atom. The molecular weight excluding hydrogens is 537 g/mol. The van der Waals surface area contributed by atoms with Gasteiger partial charge in [-0.2, -0.15) is 4.31 Å². The van der Waals surface area contributed by atoms with Crippen LogP contribution in [0.4, 0.5) is 5.82 Å². The summed E-state index contributed by atoms with van der Waals surface area (Å²) in [5, 5.41) is 9.74. The van der Waals surface area contributed by atoms with E-state index in [1.807, 2.05) is 18.2 Å². The van der Waals surface area contributed by atoms with E-state index >= 15 is 0 Å². The van der Waals surface area contributed by atoms with Crippen molar-refractivity contribution in [2.75, 3.05) is 57.4 Å². The summed E-state index contributed by atoms with van der Waals surface area (Å²) >= 11 is 12.3. The van der Waals surface area contributed by atoms with Crippen LogP contribution in [-0.2, 0) is 14.8 Å². The maximum absolute atomic E-state index is 13.0. The average Bonchev–Trinajstić information content (AvgIpc) is 2.93. The summed E-state index contributed by atoms with van der Waals surface area (Å²) in [5.74, 6) is 0.590. The molecule has 2 fully saturated rings. The van der Waals surface area contributed by atoms with Crippen molar-refractivity contribution in [1.82, 2.24) is 19.4 Å². The molecular formula is C25H25Cl2N5O4S. The van der Waals surface area contributed by atoms with Gasteiger partial charge in [0.25, 0.3) is 5.91 Å². The van der Waals surface area contributed by atoms with Crippen LogP contribution in [0.3, 0.4) is 0 Å². The fourth-order valence-electron chi connectivity index (χ4n) is 4.36. The predicted octanol–water partition coefficient (Wildman–Crippen LogP) is 3.43. The van der Waals surface area contributed by atoms with E-state index in [2.05, 4.69) is 15.1 Å². The SMILES string of the molecule is O=C(c1ccc(S(=O)(=O)N2CCOCC2)cc1)N1CCN(c2ccc(-c3ccc(Cl)cc3Cl)nn2)CC1. The highest BCUT2D eigenvalue weighted by Gasteiger charge is 2.27. The summed E-state index contributed by atoms with van der Waals surface area (Å²) < 4.78 is 32.3. The number of amides is 1. The Morgan fingerprint density at radius 3 is 2.16 bits per heavy atom. The molecule has 9 nitrogen and oxygen atoms in total. The van der Waals surface area contributed by atoms with Gasteiger partial charge < -0.3 is 14.5 Å². The number of hydrogen-bond acceptors (Lipinski definition) is 7. The van der Waals surface area contributed by atoms with Crippen molar-refractivity contribution in [3.05, 3.63) is 70.2 Å². The summed E-state index contributed by atoms with van der Waals surface area (Å²) in [6.45, 7) is 3.65. The van der Waals surface area contributed by atoms with Gasteiger partial charge in [-0.05, 0) is 54.6 Å². The van der Waals surface area contributed by atoms with Crippen LogP contribution in [0.15, 0.2) is 59.5 Å². The second-order valence-corrected chi connectivity index (χ2v) is 11.5. The van der Waals surface area contributed by atoms with Crippen molar-refractivity contribution < 1.29 is 17.9 Å². The van der Waals surface area contributed by atoms with Crippen molar-refractivity contribution in [3.8, 4) is 11.3 Å². The number of carbonyl (C=O) groups is 1. The molecule has 0 bridgehead atoms. The Kier molecular flexibility index (Phi) is 7.64. The van der Waals surface area contributed by atoms with E-state index in [1.165, 1.54) is 16.4 Å². The molecule has 3 heterocycles. The highest BCUT2D eigenvalue weighted by Crippen LogP contribution is 2.29. The fourth-order valence-corrected chi connectivity index (χ4v) is 6.27. The zero-order chi connectivity index (χ0) is 26.0. The van der Waals surface area contributed by atoms with E-state index < -0.39 is 10.0 Å². The zero-order valence-corrected chi connectivity index (χ0v) is 22.2. The standard InChI is InChI=1S/C25H25Cl2N5O4S/c26-19-3-6-21(22(27)17-19)23-7-8-24(29-28-23)30-9-11-31(12-10-30)25(33)18-1-4-20(5-2-18)37(34,35)32-13-15-36-16-14-32/h1-8,17H,9-16H2. The molecule has 0 spiro atoms. The largest absolute Gasteiger partial charge is 0.379 e. The van der Waals surface area contributed by atoms with Gasteiger partial charge in [-0.3, -0.25) is 4.79 Å². The monoisotopic (exact) mass is 561 g/mol. The van der Waals surface area contributed by atoms with Gasteiger partial charge in [-0.1, -0.05) is 23.2 Å². The molecule has 0 unspecified atom stereocenters. The summed E-state index contributed by atoms with van der Waals surface area (Å²) in [4.78, 5) is 17.1. The van der Waals surface area contributed by atoms with Crippen molar-refractivity contribution in [1.29, 1.82) is 0 Å². The minimum absolute atomic E-state index is 0.131. The van der Waals surface area contributed by atoms with E-state index in [0.29, 0.717) is 73.8 Å². The third-order valence-corrected chi connectivity index (χ3v) is 8.92. The van der Waals surface area contributed by atoms with Crippen LogP contribution in [0.2, 0.25) is 10.0 Å². The van der Waals surface area contributed by atoms with Crippen LogP contribution in [0.5, 0.6) is 0 Å². The normalized spacial score (nSPS) is 17.1. The predicted molar refractivity (Wildman–Crippen MR) is 142 cm³/mol. The lowest BCUT2D eigenvalue weighted by molar-refractivity contribution is 0.0730. The lowest BCUT2D eigenvalue weighted by Gasteiger charge is -2.35. The number of nitrogens with zero attached hydrogens (tertiary/aromatic N) is 5. The molecule has 0 aliphatic carbocycles. The zero-order valence-electron chi connectivity index (χ0n) is 19.9. The van der Waals surface area contributed by atoms with E-state index in [-0.39, 0.29) is 10.8 Å². The van der Waals surface area contributed by atoms with Gasteiger partial charge in [0, 0.05) is 55.4 Å². The first-order valence-corrected chi connectivity index (χ1v) is 14.0. The van der Waals surface area contributed by atoms with Gasteiger partial charge in [0.1, 0.15) is 0 Å². The molecule has 0 radical (unpaired) electrons. The Bertz CT molecular complexity index is 1370. The molecule has 2 aliphatic rings. The third kappa shape index (κ3) is 5.58. The number of hydrogen-bond donors (Lipinski definition) is 0. The molecule has 2 saturated heterocycles. The minimum Gasteiger partial charge on any atom is -0.379 e. The number of ether oxygens (including phenoxy) is 1. The Labute approximate surface area is 225 Å². The number of benzene rings is 2. The number of sulfonamides is 1. The number of anilines is 1. The van der Waals surface area contributed by atoms with Crippen molar-refractivity contribution in [2.45, 2.75) is 4.90 Å². The first-order valence-electron chi connectivity index (χ1n) is 11.8. The topological polar surface area (TPSA) is 95.9 Å². The number of rotatable bonds is 5. The van der Waals surface area contributed by atoms with Gasteiger partial charge in [0.05, 0.1) is 28.8 Å². The number of halogens is 2. The van der Waals surface area contributed by atoms with Crippen LogP contribution in [-0.4, -0.2) is 86.2 Å². The van der Waals surface area contributed by atoms with Crippen LogP contribution >= 0.6 is 23.2 Å². The first-order chi connectivity index (χ1) is 17.8. The molecule has 1 aromatic heterocycles. The molecule has 0 N–H and O–H groups in total. The van der Waals surface area contributed by atoms with Crippen molar-refractivity contribution >= 4 is 45.0 Å². The minimum atomic E-state index is -3.60. The number of morpholine rings is 1. The molecule has 194 valence electrons. The Hall–Kier alpha value is -2.76. The number of carbonyl (C=O) groups excluding carboxylic acids is 1. The maximum Gasteiger partial charge on any atom is 0.253 e. The smallest absolute Gasteiger partial charge is 0.253 e. The second kappa shape index (κ2) is 10.9. The van der Waals surface area contributed by atoms with Gasteiger partial charge in [-0.25, -0.2) is 8.42 Å². The quantitative estimate of drug-likeness (QED) is 0.470. The molecule has 1 amide bonds. The summed E-state index contributed by atoms with van der Waals surface area (Å²) in [6, 6.07) is 15.1. The molecule has 0 saturated carbocycles. The van der Waals surface area contributed by atoms with Crippen molar-refractivity contribution in [2.24, 2.45) is 0 Å². The van der Waals surface area contributed by atoms with Crippen LogP contribution in [0.25, 0.3) is 11.3 Å². The second-order valence-electron chi connectivity index (χ2n) is 8.72. The molecule has 2 aliphatic heterocycles. The lowest BCUT2D eigenvalue weighted by atomic mass is 10.1. The van der Waals surface area contributed by atoms with Crippen LogP contribution < -0.4 is 4.90 Å². The van der Waals surface area contributed by atoms with Crippen LogP contribution in [0, 0.1) is 0 Å². The van der Waals surface area contributed by atoms with E-state index in [0.717, 1.165) is 11.4 Å². The van der Waals surface area contributed by atoms with Gasteiger partial charge >= 0.3 is 0 Å². The molecule has 37 heavy (non-hydrogen) atoms. The third-order valence-electron chi connectivity index (χ3n) is 6.46. The molecule has 12 heteroatoms.